The van der Waals surface area contributed by atoms with Crippen molar-refractivity contribution in [3.05, 3.63) is 58.1 Å². The van der Waals surface area contributed by atoms with Gasteiger partial charge in [-0.25, -0.2) is 4.79 Å². The summed E-state index contributed by atoms with van der Waals surface area (Å²) in [5, 5.41) is 4.32. The molecule has 0 fully saturated rings. The van der Waals surface area contributed by atoms with Crippen molar-refractivity contribution in [1.29, 1.82) is 0 Å². The molecule has 1 N–H and O–H groups in total. The van der Waals surface area contributed by atoms with Gasteiger partial charge in [0.2, 0.25) is 0 Å². The fraction of sp³-hybridized carbons (Fsp3) is 0.316. The van der Waals surface area contributed by atoms with E-state index in [0.717, 1.165) is 12.0 Å². The Balaban J connectivity index is 1.92. The van der Waals surface area contributed by atoms with E-state index in [9.17, 15) is 4.79 Å². The third kappa shape index (κ3) is 5.80. The fourth-order valence-corrected chi connectivity index (χ4v) is 2.78. The van der Waals surface area contributed by atoms with Crippen LogP contribution in [0.1, 0.15) is 18.0 Å². The van der Waals surface area contributed by atoms with Crippen LogP contribution in [0.4, 0.5) is 4.79 Å². The van der Waals surface area contributed by atoms with Gasteiger partial charge in [0, 0.05) is 31.6 Å². The van der Waals surface area contributed by atoms with E-state index >= 15 is 0 Å². The van der Waals surface area contributed by atoms with Gasteiger partial charge < -0.3 is 19.7 Å². The Kier molecular flexibility index (Phi) is 7.57. The molecule has 0 heterocycles. The molecule has 0 radical (unpaired) electrons. The summed E-state index contributed by atoms with van der Waals surface area (Å²) in [6, 6.07) is 12.7. The van der Waals surface area contributed by atoms with Gasteiger partial charge in [-0.1, -0.05) is 35.3 Å². The summed E-state index contributed by atoms with van der Waals surface area (Å²) in [5.74, 6) is 1.11. The number of nitrogens with one attached hydrogen (secondary N) is 1. The van der Waals surface area contributed by atoms with E-state index in [1.54, 1.807) is 44.4 Å². The molecule has 140 valence electrons. The van der Waals surface area contributed by atoms with Crippen molar-refractivity contribution in [2.24, 2.45) is 0 Å². The van der Waals surface area contributed by atoms with Crippen molar-refractivity contribution in [2.45, 2.75) is 12.5 Å². The van der Waals surface area contributed by atoms with Crippen LogP contribution < -0.4 is 14.8 Å². The molecule has 0 spiro atoms. The Bertz CT molecular complexity index is 736. The number of rotatable bonds is 7. The highest BCUT2D eigenvalue weighted by molar-refractivity contribution is 6.35. The van der Waals surface area contributed by atoms with Gasteiger partial charge >= 0.3 is 6.09 Å². The zero-order valence-corrected chi connectivity index (χ0v) is 16.5. The van der Waals surface area contributed by atoms with Crippen molar-refractivity contribution < 1.29 is 14.3 Å². The number of carbonyl (C=O) groups excluding carboxylic acids is 1. The topological polar surface area (TPSA) is 50.8 Å². The van der Waals surface area contributed by atoms with Crippen molar-refractivity contribution in [3.8, 4) is 11.5 Å². The van der Waals surface area contributed by atoms with Crippen LogP contribution in [0.5, 0.6) is 11.5 Å². The largest absolute Gasteiger partial charge is 0.492 e. The van der Waals surface area contributed by atoms with Crippen LogP contribution in [0, 0.1) is 0 Å². The summed E-state index contributed by atoms with van der Waals surface area (Å²) in [6.07, 6.45) is 0.336. The van der Waals surface area contributed by atoms with E-state index in [4.69, 9.17) is 32.7 Å². The third-order valence-electron chi connectivity index (χ3n) is 3.76. The molecule has 2 aromatic rings. The van der Waals surface area contributed by atoms with Crippen molar-refractivity contribution >= 4 is 29.3 Å². The normalized spacial score (nSPS) is 11.7. The van der Waals surface area contributed by atoms with Crippen LogP contribution in [0.2, 0.25) is 10.0 Å². The Morgan fingerprint density at radius 3 is 2.42 bits per heavy atom. The molecule has 5 nitrogen and oxygen atoms in total. The lowest BCUT2D eigenvalue weighted by atomic mass is 10.0. The minimum absolute atomic E-state index is 0.0969. The molecule has 0 saturated heterocycles. The van der Waals surface area contributed by atoms with Gasteiger partial charge in [-0.3, -0.25) is 0 Å². The van der Waals surface area contributed by atoms with Crippen LogP contribution in [0.3, 0.4) is 0 Å². The first kappa shape index (κ1) is 20.4. The molecule has 1 atom stereocenters. The first-order chi connectivity index (χ1) is 12.4. The fourth-order valence-electron chi connectivity index (χ4n) is 2.32. The van der Waals surface area contributed by atoms with Crippen LogP contribution in [0.15, 0.2) is 42.5 Å². The highest BCUT2D eigenvalue weighted by atomic mass is 35.5. The van der Waals surface area contributed by atoms with Crippen LogP contribution >= 0.6 is 23.2 Å². The van der Waals surface area contributed by atoms with Gasteiger partial charge in [0.05, 0.1) is 11.6 Å². The second kappa shape index (κ2) is 9.67. The summed E-state index contributed by atoms with van der Waals surface area (Å²) < 4.78 is 11.0. The summed E-state index contributed by atoms with van der Waals surface area (Å²) >= 11 is 12.0. The predicted octanol–water partition coefficient (Wildman–Crippen LogP) is 4.78. The molecule has 2 aromatic carbocycles. The maximum absolute atomic E-state index is 11.6. The first-order valence-corrected chi connectivity index (χ1v) is 8.90. The number of carbonyl (C=O) groups is 1. The number of hydrogen-bond acceptors (Lipinski definition) is 4. The maximum Gasteiger partial charge on any atom is 0.414 e. The Morgan fingerprint density at radius 1 is 1.15 bits per heavy atom. The average molecular weight is 397 g/mol. The van der Waals surface area contributed by atoms with Crippen LogP contribution in [-0.2, 0) is 0 Å². The standard InChI is InChI=1S/C19H22Cl2N2O3/c1-22-17(10-11-25-18-9-6-14(20)12-16(18)21)13-4-7-15(8-5-13)26-19(24)23(2)3/h4-9,12,17,22H,10-11H2,1-3H3. The molecule has 0 aliphatic heterocycles. The van der Waals surface area contributed by atoms with Gasteiger partial charge in [0.25, 0.3) is 0 Å². The average Bonchev–Trinajstić information content (AvgIpc) is 2.61. The molecule has 0 aliphatic rings. The predicted molar refractivity (Wildman–Crippen MR) is 105 cm³/mol. The second-order valence-electron chi connectivity index (χ2n) is 5.88. The zero-order valence-electron chi connectivity index (χ0n) is 15.0. The lowest BCUT2D eigenvalue weighted by molar-refractivity contribution is 0.172. The number of ether oxygens (including phenoxy) is 2. The lowest BCUT2D eigenvalue weighted by Crippen LogP contribution is -2.25. The van der Waals surface area contributed by atoms with E-state index in [1.165, 1.54) is 4.90 Å². The van der Waals surface area contributed by atoms with E-state index in [0.29, 0.717) is 28.2 Å². The van der Waals surface area contributed by atoms with Crippen LogP contribution in [-0.4, -0.2) is 38.7 Å². The second-order valence-corrected chi connectivity index (χ2v) is 6.73. The molecule has 26 heavy (non-hydrogen) atoms. The highest BCUT2D eigenvalue weighted by Gasteiger charge is 2.12. The maximum atomic E-state index is 11.6. The monoisotopic (exact) mass is 396 g/mol. The summed E-state index contributed by atoms with van der Waals surface area (Å²) in [5.41, 5.74) is 1.07. The van der Waals surface area contributed by atoms with E-state index < -0.39 is 6.09 Å². The van der Waals surface area contributed by atoms with Gasteiger partial charge in [-0.05, 0) is 42.9 Å². The van der Waals surface area contributed by atoms with Crippen molar-refractivity contribution in [3.63, 3.8) is 0 Å². The minimum atomic E-state index is -0.406. The molecule has 2 rings (SSSR count). The molecule has 1 amide bonds. The lowest BCUT2D eigenvalue weighted by Gasteiger charge is -2.18. The molecule has 0 saturated carbocycles. The number of halogens is 2. The molecular formula is C19H22Cl2N2O3. The van der Waals surface area contributed by atoms with Crippen molar-refractivity contribution in [2.75, 3.05) is 27.7 Å². The van der Waals surface area contributed by atoms with Gasteiger partial charge in [-0.2, -0.15) is 0 Å². The molecular weight excluding hydrogens is 375 g/mol. The number of benzene rings is 2. The van der Waals surface area contributed by atoms with Crippen molar-refractivity contribution in [1.82, 2.24) is 10.2 Å². The van der Waals surface area contributed by atoms with E-state index in [-0.39, 0.29) is 6.04 Å². The van der Waals surface area contributed by atoms with Crippen LogP contribution in [0.25, 0.3) is 0 Å². The quantitative estimate of drug-likeness (QED) is 0.731. The first-order valence-electron chi connectivity index (χ1n) is 8.15. The smallest absolute Gasteiger partial charge is 0.414 e. The Morgan fingerprint density at radius 2 is 1.85 bits per heavy atom. The SMILES string of the molecule is CNC(CCOc1ccc(Cl)cc1Cl)c1ccc(OC(=O)N(C)C)cc1. The van der Waals surface area contributed by atoms with Gasteiger partial charge in [-0.15, -0.1) is 0 Å². The number of amides is 1. The molecule has 0 aliphatic carbocycles. The number of hydrogen-bond donors (Lipinski definition) is 1. The summed E-state index contributed by atoms with van der Waals surface area (Å²) in [4.78, 5) is 12.9. The molecule has 7 heteroatoms. The van der Waals surface area contributed by atoms with E-state index in [2.05, 4.69) is 5.32 Å². The Labute approximate surface area is 163 Å². The van der Waals surface area contributed by atoms with Gasteiger partial charge in [0.1, 0.15) is 11.5 Å². The van der Waals surface area contributed by atoms with E-state index in [1.807, 2.05) is 19.2 Å². The molecule has 0 bridgehead atoms. The summed E-state index contributed by atoms with van der Waals surface area (Å²) in [7, 11) is 5.17. The zero-order chi connectivity index (χ0) is 19.1. The number of nitrogens with zero attached hydrogens (tertiary/aromatic N) is 1. The third-order valence-corrected chi connectivity index (χ3v) is 4.29. The minimum Gasteiger partial charge on any atom is -0.492 e. The Hall–Kier alpha value is -1.95. The summed E-state index contributed by atoms with van der Waals surface area (Å²) in [6.45, 7) is 0.490. The van der Waals surface area contributed by atoms with Gasteiger partial charge in [0.15, 0.2) is 0 Å². The highest BCUT2D eigenvalue weighted by Crippen LogP contribution is 2.28. The molecule has 1 unspecified atom stereocenters. The molecule has 0 aromatic heterocycles.